The van der Waals surface area contributed by atoms with E-state index in [-0.39, 0.29) is 6.03 Å². The number of urea groups is 1. The molecule has 0 saturated carbocycles. The number of amides is 2. The molecule has 0 aliphatic carbocycles. The first-order valence-corrected chi connectivity index (χ1v) is 7.28. The summed E-state index contributed by atoms with van der Waals surface area (Å²) >= 11 is 0. The van der Waals surface area contributed by atoms with E-state index in [1.165, 1.54) is 12.8 Å². The maximum Gasteiger partial charge on any atom is 0.321 e. The standard InChI is InChI=1S/C15H23N3O2/c16-9-12-20-14-7-5-13(6-8-14)17-15(19)18-10-3-1-2-4-11-18/h5-8H,1-4,9-12,16H2,(H,17,19). The van der Waals surface area contributed by atoms with E-state index in [1.54, 1.807) is 0 Å². The highest BCUT2D eigenvalue weighted by Crippen LogP contribution is 2.17. The van der Waals surface area contributed by atoms with Gasteiger partial charge < -0.3 is 20.7 Å². The molecule has 2 amide bonds. The second kappa shape index (κ2) is 7.75. The normalized spacial score (nSPS) is 15.6. The highest BCUT2D eigenvalue weighted by atomic mass is 16.5. The van der Waals surface area contributed by atoms with E-state index in [9.17, 15) is 4.79 Å². The zero-order valence-electron chi connectivity index (χ0n) is 11.8. The number of likely N-dealkylation sites (tertiary alicyclic amines) is 1. The van der Waals surface area contributed by atoms with Gasteiger partial charge in [-0.05, 0) is 37.1 Å². The first-order valence-electron chi connectivity index (χ1n) is 7.28. The van der Waals surface area contributed by atoms with Crippen molar-refractivity contribution in [2.75, 3.05) is 31.6 Å². The lowest BCUT2D eigenvalue weighted by molar-refractivity contribution is 0.214. The molecule has 1 aliphatic rings. The van der Waals surface area contributed by atoms with Crippen LogP contribution in [-0.4, -0.2) is 37.2 Å². The van der Waals surface area contributed by atoms with Crippen LogP contribution in [0.15, 0.2) is 24.3 Å². The van der Waals surface area contributed by atoms with Crippen LogP contribution in [0.1, 0.15) is 25.7 Å². The molecule has 1 aliphatic heterocycles. The Hall–Kier alpha value is -1.75. The summed E-state index contributed by atoms with van der Waals surface area (Å²) in [7, 11) is 0. The molecule has 110 valence electrons. The van der Waals surface area contributed by atoms with E-state index in [2.05, 4.69) is 5.32 Å². The van der Waals surface area contributed by atoms with Crippen LogP contribution in [-0.2, 0) is 0 Å². The Morgan fingerprint density at radius 3 is 2.40 bits per heavy atom. The third-order valence-electron chi connectivity index (χ3n) is 3.39. The predicted octanol–water partition coefficient (Wildman–Crippen LogP) is 2.43. The number of carbonyl (C=O) groups excluding carboxylic acids is 1. The van der Waals surface area contributed by atoms with Crippen LogP contribution >= 0.6 is 0 Å². The molecule has 0 aromatic heterocycles. The first-order chi connectivity index (χ1) is 9.79. The molecule has 2 rings (SSSR count). The number of nitrogens with zero attached hydrogens (tertiary/aromatic N) is 1. The minimum absolute atomic E-state index is 0.0115. The summed E-state index contributed by atoms with van der Waals surface area (Å²) in [5.74, 6) is 0.767. The monoisotopic (exact) mass is 277 g/mol. The molecule has 1 aromatic carbocycles. The van der Waals surface area contributed by atoms with E-state index >= 15 is 0 Å². The minimum atomic E-state index is -0.0115. The molecule has 20 heavy (non-hydrogen) atoms. The molecular weight excluding hydrogens is 254 g/mol. The molecule has 0 radical (unpaired) electrons. The van der Waals surface area contributed by atoms with E-state index in [4.69, 9.17) is 10.5 Å². The maximum absolute atomic E-state index is 12.1. The number of rotatable bonds is 4. The minimum Gasteiger partial charge on any atom is -0.492 e. The number of anilines is 1. The number of hydrogen-bond acceptors (Lipinski definition) is 3. The molecule has 1 heterocycles. The Kier molecular flexibility index (Phi) is 5.68. The number of ether oxygens (including phenoxy) is 1. The number of carbonyl (C=O) groups is 1. The summed E-state index contributed by atoms with van der Waals surface area (Å²) in [5, 5.41) is 2.93. The van der Waals surface area contributed by atoms with Crippen molar-refractivity contribution >= 4 is 11.7 Å². The third kappa shape index (κ3) is 4.42. The van der Waals surface area contributed by atoms with Gasteiger partial charge in [0.2, 0.25) is 0 Å². The highest BCUT2D eigenvalue weighted by Gasteiger charge is 2.15. The molecule has 1 saturated heterocycles. The molecule has 0 bridgehead atoms. The Bertz CT molecular complexity index is 412. The number of hydrogen-bond donors (Lipinski definition) is 2. The van der Waals surface area contributed by atoms with Gasteiger partial charge in [-0.15, -0.1) is 0 Å². The fourth-order valence-electron chi connectivity index (χ4n) is 2.29. The number of nitrogens with two attached hydrogens (primary N) is 1. The van der Waals surface area contributed by atoms with E-state index in [0.717, 1.165) is 37.4 Å². The average Bonchev–Trinajstić information content (AvgIpc) is 2.75. The molecular formula is C15H23N3O2. The lowest BCUT2D eigenvalue weighted by Gasteiger charge is -2.20. The zero-order valence-corrected chi connectivity index (χ0v) is 11.8. The van der Waals surface area contributed by atoms with Crippen molar-refractivity contribution in [1.82, 2.24) is 4.90 Å². The van der Waals surface area contributed by atoms with Crippen LogP contribution in [0.2, 0.25) is 0 Å². The Balaban J connectivity index is 1.86. The average molecular weight is 277 g/mol. The van der Waals surface area contributed by atoms with Gasteiger partial charge in [0, 0.05) is 25.3 Å². The Morgan fingerprint density at radius 2 is 1.80 bits per heavy atom. The largest absolute Gasteiger partial charge is 0.492 e. The van der Waals surface area contributed by atoms with E-state index < -0.39 is 0 Å². The molecule has 0 atom stereocenters. The van der Waals surface area contributed by atoms with Crippen molar-refractivity contribution < 1.29 is 9.53 Å². The highest BCUT2D eigenvalue weighted by molar-refractivity contribution is 5.89. The van der Waals surface area contributed by atoms with Gasteiger partial charge in [0.1, 0.15) is 12.4 Å². The summed E-state index contributed by atoms with van der Waals surface area (Å²) in [5.41, 5.74) is 6.17. The summed E-state index contributed by atoms with van der Waals surface area (Å²) in [6.07, 6.45) is 4.63. The van der Waals surface area contributed by atoms with E-state index in [1.807, 2.05) is 29.2 Å². The molecule has 1 fully saturated rings. The molecule has 5 nitrogen and oxygen atoms in total. The van der Waals surface area contributed by atoms with Gasteiger partial charge in [-0.25, -0.2) is 4.79 Å². The van der Waals surface area contributed by atoms with Crippen LogP contribution in [0.5, 0.6) is 5.75 Å². The van der Waals surface area contributed by atoms with Crippen molar-refractivity contribution in [2.24, 2.45) is 5.73 Å². The summed E-state index contributed by atoms with van der Waals surface area (Å²) in [6, 6.07) is 7.37. The van der Waals surface area contributed by atoms with Crippen LogP contribution in [0.4, 0.5) is 10.5 Å². The quantitative estimate of drug-likeness (QED) is 0.888. The van der Waals surface area contributed by atoms with Crippen LogP contribution < -0.4 is 15.8 Å². The summed E-state index contributed by atoms with van der Waals surface area (Å²) < 4.78 is 5.40. The van der Waals surface area contributed by atoms with Gasteiger partial charge in [-0.1, -0.05) is 12.8 Å². The van der Waals surface area contributed by atoms with Gasteiger partial charge in [-0.2, -0.15) is 0 Å². The van der Waals surface area contributed by atoms with Gasteiger partial charge in [-0.3, -0.25) is 0 Å². The second-order valence-electron chi connectivity index (χ2n) is 4.99. The summed E-state index contributed by atoms with van der Waals surface area (Å²) in [6.45, 7) is 2.69. The van der Waals surface area contributed by atoms with Crippen LogP contribution in [0.25, 0.3) is 0 Å². The number of nitrogens with one attached hydrogen (secondary N) is 1. The molecule has 5 heteroatoms. The predicted molar refractivity (Wildman–Crippen MR) is 80.1 cm³/mol. The second-order valence-corrected chi connectivity index (χ2v) is 4.99. The van der Waals surface area contributed by atoms with E-state index in [0.29, 0.717) is 13.2 Å². The van der Waals surface area contributed by atoms with Crippen molar-refractivity contribution in [3.63, 3.8) is 0 Å². The van der Waals surface area contributed by atoms with Crippen molar-refractivity contribution in [1.29, 1.82) is 0 Å². The fraction of sp³-hybridized carbons (Fsp3) is 0.533. The molecule has 3 N–H and O–H groups in total. The molecule has 1 aromatic rings. The first kappa shape index (κ1) is 14.7. The SMILES string of the molecule is NCCOc1ccc(NC(=O)N2CCCCCC2)cc1. The van der Waals surface area contributed by atoms with Gasteiger partial charge in [0.05, 0.1) is 0 Å². The van der Waals surface area contributed by atoms with Gasteiger partial charge in [0.15, 0.2) is 0 Å². The lowest BCUT2D eigenvalue weighted by Crippen LogP contribution is -2.35. The maximum atomic E-state index is 12.1. The smallest absolute Gasteiger partial charge is 0.321 e. The van der Waals surface area contributed by atoms with Gasteiger partial charge in [0.25, 0.3) is 0 Å². The Labute approximate surface area is 120 Å². The topological polar surface area (TPSA) is 67.6 Å². The fourth-order valence-corrected chi connectivity index (χ4v) is 2.29. The van der Waals surface area contributed by atoms with Gasteiger partial charge >= 0.3 is 6.03 Å². The third-order valence-corrected chi connectivity index (χ3v) is 3.39. The molecule has 0 unspecified atom stereocenters. The Morgan fingerprint density at radius 1 is 1.15 bits per heavy atom. The number of benzene rings is 1. The zero-order chi connectivity index (χ0) is 14.2. The van der Waals surface area contributed by atoms with Crippen molar-refractivity contribution in [2.45, 2.75) is 25.7 Å². The van der Waals surface area contributed by atoms with Crippen LogP contribution in [0.3, 0.4) is 0 Å². The molecule has 0 spiro atoms. The van der Waals surface area contributed by atoms with Crippen molar-refractivity contribution in [3.8, 4) is 5.75 Å². The summed E-state index contributed by atoms with van der Waals surface area (Å²) in [4.78, 5) is 14.0. The van der Waals surface area contributed by atoms with Crippen LogP contribution in [0, 0.1) is 0 Å². The van der Waals surface area contributed by atoms with Crippen molar-refractivity contribution in [3.05, 3.63) is 24.3 Å². The lowest BCUT2D eigenvalue weighted by atomic mass is 10.2.